The van der Waals surface area contributed by atoms with E-state index in [1.54, 1.807) is 0 Å². The Kier molecular flexibility index (Phi) is 14.8. The van der Waals surface area contributed by atoms with E-state index in [2.05, 4.69) is 20.5 Å². The molecule has 0 radical (unpaired) electrons. The van der Waals surface area contributed by atoms with E-state index in [0.29, 0.717) is 26.1 Å². The summed E-state index contributed by atoms with van der Waals surface area (Å²) in [6.45, 7) is 2.25. The van der Waals surface area contributed by atoms with Crippen molar-refractivity contribution >= 4 is 44.8 Å². The van der Waals surface area contributed by atoms with Crippen molar-refractivity contribution in [3.63, 3.8) is 0 Å². The average Bonchev–Trinajstić information content (AvgIpc) is 2.76. The fourth-order valence-electron chi connectivity index (χ4n) is 1.46. The molecular weight excluding hydrogens is 328 g/mol. The molecule has 7 nitrogen and oxygen atoms in total. The first-order chi connectivity index (χ1) is 7.97. The van der Waals surface area contributed by atoms with Crippen molar-refractivity contribution in [3.05, 3.63) is 0 Å². The van der Waals surface area contributed by atoms with Gasteiger partial charge in [-0.2, -0.15) is 27.0 Å². The lowest BCUT2D eigenvalue weighted by Gasteiger charge is -2.04. The van der Waals surface area contributed by atoms with E-state index in [-0.39, 0.29) is 69.3 Å². The molecule has 0 aromatic heterocycles. The van der Waals surface area contributed by atoms with Gasteiger partial charge in [0.15, 0.2) is 0 Å². The summed E-state index contributed by atoms with van der Waals surface area (Å²) >= 11 is 0. The third kappa shape index (κ3) is 10.2. The topological polar surface area (TPSA) is 109 Å². The molecule has 2 fully saturated rings. The van der Waals surface area contributed by atoms with Crippen molar-refractivity contribution < 1.29 is 42.0 Å². The zero-order chi connectivity index (χ0) is 12.8. The van der Waals surface area contributed by atoms with Crippen LogP contribution in [0.2, 0.25) is 0 Å². The highest BCUT2D eigenvalue weighted by atomic mass is 35.5. The van der Waals surface area contributed by atoms with Gasteiger partial charge in [0.2, 0.25) is 5.91 Å². The molecule has 0 spiro atoms. The Morgan fingerprint density at radius 1 is 1.15 bits per heavy atom. The minimum atomic E-state index is -0.237. The lowest BCUT2D eigenvalue weighted by Crippen LogP contribution is -3.00. The molecule has 0 aliphatic carbocycles. The maximum Gasteiger partial charge on any atom is 0.312 e. The summed E-state index contributed by atoms with van der Waals surface area (Å²) in [5.41, 5.74) is 3.64. The van der Waals surface area contributed by atoms with Crippen LogP contribution in [0.15, 0.2) is 0 Å². The smallest absolute Gasteiger partial charge is 0.312 e. The van der Waals surface area contributed by atoms with E-state index in [9.17, 15) is 14.4 Å². The van der Waals surface area contributed by atoms with Crippen molar-refractivity contribution in [2.75, 3.05) is 13.2 Å². The molecule has 10 heteroatoms. The van der Waals surface area contributed by atoms with E-state index in [0.717, 1.165) is 0 Å². The number of carbonyl (C=O) groups is 3. The molecule has 0 aromatic rings. The molecule has 2 heterocycles. The van der Waals surface area contributed by atoms with Gasteiger partial charge in [-0.05, 0) is 0 Å². The van der Waals surface area contributed by atoms with Gasteiger partial charge in [0, 0.05) is 6.92 Å². The fourth-order valence-corrected chi connectivity index (χ4v) is 1.46. The second kappa shape index (κ2) is 12.1. The maximum absolute atomic E-state index is 10.5. The van der Waals surface area contributed by atoms with E-state index in [1.807, 2.05) is 0 Å². The molecule has 1 amide bonds. The summed E-state index contributed by atoms with van der Waals surface area (Å²) < 4.78 is 9.18. The standard InChI is InChI=1S/C6H9NO3.C4H7NO2.ClH.2H2S/c1-4(8)7-5-2-6(9)10-3-5;5-3-1-4(6)7-2-3;;;/h5H,2-3H2,1H3,(H,7,8);3H,1-2,5H2;1H;2*1H2. The van der Waals surface area contributed by atoms with Gasteiger partial charge in [-0.15, -0.1) is 0 Å². The first kappa shape index (κ1) is 24.4. The Morgan fingerprint density at radius 3 is 1.90 bits per heavy atom. The lowest BCUT2D eigenvalue weighted by atomic mass is 10.2. The van der Waals surface area contributed by atoms with Gasteiger partial charge in [-0.3, -0.25) is 14.4 Å². The van der Waals surface area contributed by atoms with E-state index < -0.39 is 0 Å². The van der Waals surface area contributed by atoms with E-state index >= 15 is 0 Å². The number of cyclic esters (lactones) is 2. The minimum Gasteiger partial charge on any atom is -1.00 e. The van der Waals surface area contributed by atoms with Gasteiger partial charge in [0.25, 0.3) is 0 Å². The second-order valence-electron chi connectivity index (χ2n) is 4.04. The number of quaternary nitrogens is 1. The predicted octanol–water partition coefficient (Wildman–Crippen LogP) is -4.79. The average molecular weight is 349 g/mol. The highest BCUT2D eigenvalue weighted by Gasteiger charge is 2.23. The monoisotopic (exact) mass is 348 g/mol. The number of nitrogens with one attached hydrogen (secondary N) is 1. The Labute approximate surface area is 137 Å². The highest BCUT2D eigenvalue weighted by molar-refractivity contribution is 7.59. The zero-order valence-corrected chi connectivity index (χ0v) is 13.9. The molecule has 0 saturated carbocycles. The molecule has 2 atom stereocenters. The largest absolute Gasteiger partial charge is 1.00 e. The molecule has 2 unspecified atom stereocenters. The van der Waals surface area contributed by atoms with Crippen LogP contribution in [0.3, 0.4) is 0 Å². The summed E-state index contributed by atoms with van der Waals surface area (Å²) in [4.78, 5) is 31.1. The molecule has 120 valence electrons. The van der Waals surface area contributed by atoms with Crippen LogP contribution >= 0.6 is 27.0 Å². The number of hydrogen-bond acceptors (Lipinski definition) is 5. The number of rotatable bonds is 1. The summed E-state index contributed by atoms with van der Waals surface area (Å²) in [6, 6.07) is 0.0949. The number of amides is 1. The van der Waals surface area contributed by atoms with Crippen LogP contribution in [0.1, 0.15) is 19.8 Å². The zero-order valence-electron chi connectivity index (χ0n) is 11.1. The van der Waals surface area contributed by atoms with Crippen LogP contribution in [0.25, 0.3) is 0 Å². The maximum atomic E-state index is 10.5. The number of halogens is 1. The predicted molar refractivity (Wildman–Crippen MR) is 76.2 cm³/mol. The summed E-state index contributed by atoms with van der Waals surface area (Å²) in [5, 5.41) is 2.59. The quantitative estimate of drug-likeness (QED) is 0.462. The van der Waals surface area contributed by atoms with Crippen molar-refractivity contribution in [1.29, 1.82) is 0 Å². The van der Waals surface area contributed by atoms with Crippen LogP contribution < -0.4 is 23.5 Å². The molecule has 2 rings (SSSR count). The fraction of sp³-hybridized carbons (Fsp3) is 0.700. The molecule has 0 aromatic carbocycles. The first-order valence-corrected chi connectivity index (χ1v) is 5.38. The van der Waals surface area contributed by atoms with Crippen LogP contribution in [0, 0.1) is 0 Å². The highest BCUT2D eigenvalue weighted by Crippen LogP contribution is 2.04. The van der Waals surface area contributed by atoms with Crippen LogP contribution in [0.4, 0.5) is 0 Å². The number of ether oxygens (including phenoxy) is 2. The third-order valence-electron chi connectivity index (χ3n) is 2.20. The number of hydrogen-bond donors (Lipinski definition) is 2. The van der Waals surface area contributed by atoms with E-state index in [4.69, 9.17) is 0 Å². The van der Waals surface area contributed by atoms with Crippen molar-refractivity contribution in [1.82, 2.24) is 5.32 Å². The molecule has 2 aliphatic rings. The number of esters is 2. The van der Waals surface area contributed by atoms with Crippen molar-refractivity contribution in [3.8, 4) is 0 Å². The van der Waals surface area contributed by atoms with Crippen LogP contribution in [-0.2, 0) is 23.9 Å². The summed E-state index contributed by atoms with van der Waals surface area (Å²) in [5.74, 6) is -0.470. The Bertz CT molecular complexity index is 333. The molecular formula is C10H21ClN2O5S2. The van der Waals surface area contributed by atoms with Crippen LogP contribution in [-0.4, -0.2) is 43.1 Å². The molecule has 4 N–H and O–H groups in total. The molecule has 2 aliphatic heterocycles. The van der Waals surface area contributed by atoms with Gasteiger partial charge >= 0.3 is 11.9 Å². The Hall–Kier alpha value is -0.640. The van der Waals surface area contributed by atoms with Gasteiger partial charge in [0.05, 0.1) is 12.5 Å². The Balaban J connectivity index is -0.000000262. The molecule has 2 saturated heterocycles. The molecule has 20 heavy (non-hydrogen) atoms. The lowest BCUT2D eigenvalue weighted by molar-refractivity contribution is -0.416. The SMILES string of the molecule is CC(=O)NC1COC(=O)C1.S.S.[Cl-].[NH3+]C1COC(=O)C1. The normalized spacial score (nSPS) is 22.7. The summed E-state index contributed by atoms with van der Waals surface area (Å²) in [7, 11) is 0. The van der Waals surface area contributed by atoms with Crippen LogP contribution in [0.5, 0.6) is 0 Å². The van der Waals surface area contributed by atoms with Gasteiger partial charge in [0.1, 0.15) is 25.7 Å². The first-order valence-electron chi connectivity index (χ1n) is 5.38. The second-order valence-corrected chi connectivity index (χ2v) is 4.04. The molecule has 0 bridgehead atoms. The summed E-state index contributed by atoms with van der Waals surface area (Å²) in [6.07, 6.45) is 0.805. The van der Waals surface area contributed by atoms with Crippen molar-refractivity contribution in [2.45, 2.75) is 31.8 Å². The Morgan fingerprint density at radius 2 is 1.65 bits per heavy atom. The van der Waals surface area contributed by atoms with E-state index in [1.165, 1.54) is 6.92 Å². The number of carbonyl (C=O) groups excluding carboxylic acids is 3. The van der Waals surface area contributed by atoms with Gasteiger partial charge in [-0.25, -0.2) is 0 Å². The van der Waals surface area contributed by atoms with Crippen molar-refractivity contribution in [2.24, 2.45) is 0 Å². The van der Waals surface area contributed by atoms with Gasteiger partial charge < -0.3 is 32.9 Å². The van der Waals surface area contributed by atoms with Gasteiger partial charge in [-0.1, -0.05) is 0 Å². The minimum absolute atomic E-state index is 0. The third-order valence-corrected chi connectivity index (χ3v) is 2.20.